The molecule has 0 saturated carbocycles. The van der Waals surface area contributed by atoms with E-state index in [0.717, 1.165) is 23.0 Å². The van der Waals surface area contributed by atoms with Gasteiger partial charge >= 0.3 is 0 Å². The van der Waals surface area contributed by atoms with Gasteiger partial charge < -0.3 is 4.90 Å². The van der Waals surface area contributed by atoms with E-state index >= 15 is 0 Å². The lowest BCUT2D eigenvalue weighted by atomic mass is 10.1. The highest BCUT2D eigenvalue weighted by Gasteiger charge is 2.21. The summed E-state index contributed by atoms with van der Waals surface area (Å²) >= 11 is 9.17. The molecule has 0 spiro atoms. The molecule has 94 valence electrons. The molecule has 1 atom stereocenters. The SMILES string of the molecule is CCCN(C(=O)CCl)C(C)c1ccccc1Br. The van der Waals surface area contributed by atoms with Crippen LogP contribution in [0.15, 0.2) is 28.7 Å². The molecule has 1 rings (SSSR count). The number of amides is 1. The standard InChI is InChI=1S/C13H17BrClNO/c1-3-8-16(13(17)9-15)10(2)11-6-4-5-7-12(11)14/h4-7,10H,3,8-9H2,1-2H3. The van der Waals surface area contributed by atoms with Crippen LogP contribution in [0.4, 0.5) is 0 Å². The fraction of sp³-hybridized carbons (Fsp3) is 0.462. The van der Waals surface area contributed by atoms with Gasteiger partial charge in [0.05, 0.1) is 6.04 Å². The molecule has 1 unspecified atom stereocenters. The quantitative estimate of drug-likeness (QED) is 0.752. The van der Waals surface area contributed by atoms with Gasteiger partial charge in [-0.3, -0.25) is 4.79 Å². The van der Waals surface area contributed by atoms with Crippen LogP contribution < -0.4 is 0 Å². The van der Waals surface area contributed by atoms with Crippen molar-refractivity contribution in [2.45, 2.75) is 26.3 Å². The van der Waals surface area contributed by atoms with Crippen LogP contribution in [0.3, 0.4) is 0 Å². The number of hydrogen-bond donors (Lipinski definition) is 0. The molecule has 17 heavy (non-hydrogen) atoms. The predicted molar refractivity (Wildman–Crippen MR) is 75.3 cm³/mol. The highest BCUT2D eigenvalue weighted by atomic mass is 79.9. The summed E-state index contributed by atoms with van der Waals surface area (Å²) in [7, 11) is 0. The lowest BCUT2D eigenvalue weighted by Gasteiger charge is -2.29. The highest BCUT2D eigenvalue weighted by molar-refractivity contribution is 9.10. The molecule has 0 radical (unpaired) electrons. The summed E-state index contributed by atoms with van der Waals surface area (Å²) < 4.78 is 1.02. The molecule has 0 saturated heterocycles. The first kappa shape index (κ1) is 14.5. The molecule has 4 heteroatoms. The van der Waals surface area contributed by atoms with Gasteiger partial charge in [-0.2, -0.15) is 0 Å². The normalized spacial score (nSPS) is 12.2. The second-order valence-corrected chi connectivity index (χ2v) is 5.04. The van der Waals surface area contributed by atoms with Crippen molar-refractivity contribution in [3.63, 3.8) is 0 Å². The van der Waals surface area contributed by atoms with E-state index in [4.69, 9.17) is 11.6 Å². The summed E-state index contributed by atoms with van der Waals surface area (Å²) in [6, 6.07) is 8.00. The largest absolute Gasteiger partial charge is 0.335 e. The molecule has 0 aliphatic rings. The van der Waals surface area contributed by atoms with Crippen molar-refractivity contribution in [1.82, 2.24) is 4.90 Å². The van der Waals surface area contributed by atoms with Crippen molar-refractivity contribution in [3.8, 4) is 0 Å². The Bertz CT molecular complexity index is 383. The van der Waals surface area contributed by atoms with Crippen LogP contribution in [0.2, 0.25) is 0 Å². The Kier molecular flexibility index (Phi) is 6.00. The maximum atomic E-state index is 11.8. The fourth-order valence-electron chi connectivity index (χ4n) is 1.83. The number of carbonyl (C=O) groups excluding carboxylic acids is 1. The lowest BCUT2D eigenvalue weighted by molar-refractivity contribution is -0.130. The number of rotatable bonds is 5. The summed E-state index contributed by atoms with van der Waals surface area (Å²) in [6.07, 6.45) is 0.928. The number of halogens is 2. The molecule has 0 aromatic heterocycles. The van der Waals surface area contributed by atoms with Crippen molar-refractivity contribution >= 4 is 33.4 Å². The van der Waals surface area contributed by atoms with Crippen LogP contribution in [-0.4, -0.2) is 23.2 Å². The Morgan fingerprint density at radius 1 is 1.47 bits per heavy atom. The molecule has 0 heterocycles. The summed E-state index contributed by atoms with van der Waals surface area (Å²) in [5.74, 6) is 0.0196. The summed E-state index contributed by atoms with van der Waals surface area (Å²) in [5.41, 5.74) is 1.11. The summed E-state index contributed by atoms with van der Waals surface area (Å²) in [6.45, 7) is 4.82. The Morgan fingerprint density at radius 2 is 2.12 bits per heavy atom. The zero-order chi connectivity index (χ0) is 12.8. The minimum atomic E-state index is -0.0169. The molecule has 1 aromatic rings. The molecular weight excluding hydrogens is 302 g/mol. The lowest BCUT2D eigenvalue weighted by Crippen LogP contribution is -2.35. The number of hydrogen-bond acceptors (Lipinski definition) is 1. The average Bonchev–Trinajstić information content (AvgIpc) is 2.35. The first-order valence-corrected chi connectivity index (χ1v) is 7.04. The molecule has 2 nitrogen and oxygen atoms in total. The van der Waals surface area contributed by atoms with Crippen LogP contribution in [0.5, 0.6) is 0 Å². The second-order valence-electron chi connectivity index (χ2n) is 3.92. The van der Waals surface area contributed by atoms with E-state index in [-0.39, 0.29) is 17.8 Å². The fourth-order valence-corrected chi connectivity index (χ4v) is 2.60. The van der Waals surface area contributed by atoms with Crippen molar-refractivity contribution < 1.29 is 4.79 Å². The van der Waals surface area contributed by atoms with E-state index in [1.807, 2.05) is 36.1 Å². The minimum Gasteiger partial charge on any atom is -0.335 e. The van der Waals surface area contributed by atoms with Gasteiger partial charge in [-0.1, -0.05) is 41.1 Å². The van der Waals surface area contributed by atoms with E-state index in [1.54, 1.807) is 0 Å². The Balaban J connectivity index is 2.95. The first-order chi connectivity index (χ1) is 8.11. The third-order valence-corrected chi connectivity index (χ3v) is 3.67. The zero-order valence-corrected chi connectivity index (χ0v) is 12.5. The van der Waals surface area contributed by atoms with Crippen LogP contribution in [-0.2, 0) is 4.79 Å². The maximum Gasteiger partial charge on any atom is 0.237 e. The molecule has 1 aromatic carbocycles. The van der Waals surface area contributed by atoms with Gasteiger partial charge in [-0.25, -0.2) is 0 Å². The number of benzene rings is 1. The minimum absolute atomic E-state index is 0.0169. The van der Waals surface area contributed by atoms with Crippen LogP contribution in [0, 0.1) is 0 Å². The van der Waals surface area contributed by atoms with Crippen molar-refractivity contribution in [3.05, 3.63) is 34.3 Å². The highest BCUT2D eigenvalue weighted by Crippen LogP contribution is 2.27. The van der Waals surface area contributed by atoms with Gasteiger partial charge in [0.2, 0.25) is 5.91 Å². The summed E-state index contributed by atoms with van der Waals surface area (Å²) in [5, 5.41) is 0. The third kappa shape index (κ3) is 3.71. The van der Waals surface area contributed by atoms with Crippen LogP contribution >= 0.6 is 27.5 Å². The van der Waals surface area contributed by atoms with Crippen molar-refractivity contribution in [2.24, 2.45) is 0 Å². The number of alkyl halides is 1. The zero-order valence-electron chi connectivity index (χ0n) is 10.1. The van der Waals surface area contributed by atoms with E-state index in [0.29, 0.717) is 0 Å². The Labute approximate surface area is 116 Å². The van der Waals surface area contributed by atoms with Gasteiger partial charge in [0.25, 0.3) is 0 Å². The molecule has 1 amide bonds. The molecule has 0 aliphatic carbocycles. The molecule has 0 fully saturated rings. The van der Waals surface area contributed by atoms with E-state index in [2.05, 4.69) is 22.9 Å². The summed E-state index contributed by atoms with van der Waals surface area (Å²) in [4.78, 5) is 13.6. The maximum absolute atomic E-state index is 11.8. The molecule has 0 N–H and O–H groups in total. The molecular formula is C13H17BrClNO. The van der Waals surface area contributed by atoms with Gasteiger partial charge in [0, 0.05) is 11.0 Å². The van der Waals surface area contributed by atoms with Gasteiger partial charge in [-0.05, 0) is 25.0 Å². The van der Waals surface area contributed by atoms with Gasteiger partial charge in [0.15, 0.2) is 0 Å². The average molecular weight is 319 g/mol. The van der Waals surface area contributed by atoms with Gasteiger partial charge in [-0.15, -0.1) is 11.6 Å². The Morgan fingerprint density at radius 3 is 2.65 bits per heavy atom. The number of carbonyl (C=O) groups is 1. The first-order valence-electron chi connectivity index (χ1n) is 5.71. The predicted octanol–water partition coefficient (Wildman–Crippen LogP) is 3.99. The Hall–Kier alpha value is -0.540. The van der Waals surface area contributed by atoms with E-state index in [9.17, 15) is 4.79 Å². The topological polar surface area (TPSA) is 20.3 Å². The molecule has 0 bridgehead atoms. The monoisotopic (exact) mass is 317 g/mol. The van der Waals surface area contributed by atoms with Crippen molar-refractivity contribution in [1.29, 1.82) is 0 Å². The van der Waals surface area contributed by atoms with Crippen molar-refractivity contribution in [2.75, 3.05) is 12.4 Å². The van der Waals surface area contributed by atoms with E-state index < -0.39 is 0 Å². The van der Waals surface area contributed by atoms with Crippen LogP contribution in [0.1, 0.15) is 31.9 Å². The second kappa shape index (κ2) is 7.02. The third-order valence-electron chi connectivity index (χ3n) is 2.72. The van der Waals surface area contributed by atoms with E-state index in [1.165, 1.54) is 0 Å². The number of nitrogens with zero attached hydrogens (tertiary/aromatic N) is 1. The van der Waals surface area contributed by atoms with Gasteiger partial charge in [0.1, 0.15) is 5.88 Å². The smallest absolute Gasteiger partial charge is 0.237 e. The van der Waals surface area contributed by atoms with Crippen LogP contribution in [0.25, 0.3) is 0 Å². The molecule has 0 aliphatic heterocycles.